The summed E-state index contributed by atoms with van der Waals surface area (Å²) in [4.78, 5) is 18.9. The highest BCUT2D eigenvalue weighted by Crippen LogP contribution is 2.16. The lowest BCUT2D eigenvalue weighted by Gasteiger charge is -2.15. The Morgan fingerprint density at radius 2 is 2.17 bits per heavy atom. The number of H-pyrrole nitrogens is 1. The van der Waals surface area contributed by atoms with Gasteiger partial charge in [0, 0.05) is 44.9 Å². The zero-order valence-corrected chi connectivity index (χ0v) is 14.6. The Morgan fingerprint density at radius 3 is 2.96 bits per heavy atom. The molecule has 3 aromatic heterocycles. The Kier molecular flexibility index (Phi) is 4.18. The molecule has 0 aliphatic rings. The lowest BCUT2D eigenvalue weighted by molar-refractivity contribution is 0.0786. The second-order valence-electron chi connectivity index (χ2n) is 6.76. The maximum absolute atomic E-state index is 12.0. The smallest absolute Gasteiger partial charge is 0.331 e. The second kappa shape index (κ2) is 6.13. The zero-order chi connectivity index (χ0) is 16.4. The van der Waals surface area contributed by atoms with E-state index < -0.39 is 8.07 Å². The van der Waals surface area contributed by atoms with Crippen molar-refractivity contribution < 1.29 is 4.74 Å². The molecule has 0 aliphatic carbocycles. The van der Waals surface area contributed by atoms with Crippen molar-refractivity contribution in [3.63, 3.8) is 0 Å². The first-order valence-electron chi connectivity index (χ1n) is 7.59. The van der Waals surface area contributed by atoms with E-state index in [1.165, 1.54) is 4.40 Å². The van der Waals surface area contributed by atoms with Crippen LogP contribution in [0.3, 0.4) is 0 Å². The minimum absolute atomic E-state index is 0.214. The van der Waals surface area contributed by atoms with Gasteiger partial charge in [-0.05, 0) is 6.04 Å². The molecule has 122 valence electrons. The molecule has 0 bridgehead atoms. The number of rotatable bonds is 6. The van der Waals surface area contributed by atoms with E-state index in [2.05, 4.69) is 34.7 Å². The van der Waals surface area contributed by atoms with Crippen molar-refractivity contribution in [1.82, 2.24) is 24.1 Å². The summed E-state index contributed by atoms with van der Waals surface area (Å²) in [5, 5.41) is 4.28. The van der Waals surface area contributed by atoms with Crippen LogP contribution in [-0.2, 0) is 11.5 Å². The number of imidazole rings is 1. The highest BCUT2D eigenvalue weighted by molar-refractivity contribution is 6.76. The van der Waals surface area contributed by atoms with Gasteiger partial charge in [-0.2, -0.15) is 5.10 Å². The summed E-state index contributed by atoms with van der Waals surface area (Å²) >= 11 is 0. The third kappa shape index (κ3) is 3.77. The monoisotopic (exact) mass is 331 g/mol. The molecule has 7 nitrogen and oxygen atoms in total. The molecule has 8 heteroatoms. The van der Waals surface area contributed by atoms with Gasteiger partial charge in [0.25, 0.3) is 0 Å². The number of nitrogens with one attached hydrogen (secondary N) is 1. The van der Waals surface area contributed by atoms with Gasteiger partial charge < -0.3 is 9.72 Å². The predicted octanol–water partition coefficient (Wildman–Crippen LogP) is 2.20. The van der Waals surface area contributed by atoms with Gasteiger partial charge in [-0.3, -0.25) is 4.40 Å². The van der Waals surface area contributed by atoms with Crippen LogP contribution in [-0.4, -0.2) is 38.8 Å². The number of aromatic amines is 1. The Hall–Kier alpha value is -2.19. The molecule has 0 atom stereocenters. The number of hydrogen-bond donors (Lipinski definition) is 1. The number of aromatic nitrogens is 5. The van der Waals surface area contributed by atoms with Gasteiger partial charge in [-0.15, -0.1) is 0 Å². The van der Waals surface area contributed by atoms with Crippen LogP contribution < -0.4 is 5.69 Å². The molecular formula is C15H21N5O2Si. The summed E-state index contributed by atoms with van der Waals surface area (Å²) < 4.78 is 8.87. The first-order chi connectivity index (χ1) is 10.9. The number of nitrogens with zero attached hydrogens (tertiary/aromatic N) is 4. The largest absolute Gasteiger partial charge is 0.360 e. The lowest BCUT2D eigenvalue weighted by atomic mass is 10.2. The summed E-state index contributed by atoms with van der Waals surface area (Å²) in [7, 11) is -1.07. The third-order valence-electron chi connectivity index (χ3n) is 3.57. The van der Waals surface area contributed by atoms with Gasteiger partial charge in [0.1, 0.15) is 12.4 Å². The van der Waals surface area contributed by atoms with Crippen molar-refractivity contribution in [3.05, 3.63) is 41.3 Å². The topological polar surface area (TPSA) is 77.2 Å². The zero-order valence-electron chi connectivity index (χ0n) is 13.6. The average molecular weight is 331 g/mol. The number of ether oxygens (including phenoxy) is 1. The Bertz CT molecular complexity index is 858. The first-order valence-corrected chi connectivity index (χ1v) is 11.3. The molecule has 0 saturated heterocycles. The summed E-state index contributed by atoms with van der Waals surface area (Å²) in [5.41, 5.74) is 1.93. The van der Waals surface area contributed by atoms with Crippen LogP contribution in [0.4, 0.5) is 0 Å². The predicted molar refractivity (Wildman–Crippen MR) is 91.1 cm³/mol. The molecule has 0 radical (unpaired) electrons. The van der Waals surface area contributed by atoms with Crippen LogP contribution in [0.25, 0.3) is 16.9 Å². The molecular weight excluding hydrogens is 310 g/mol. The molecule has 0 fully saturated rings. The van der Waals surface area contributed by atoms with Gasteiger partial charge in [0.2, 0.25) is 0 Å². The van der Waals surface area contributed by atoms with Crippen LogP contribution in [0.15, 0.2) is 35.6 Å². The van der Waals surface area contributed by atoms with Crippen LogP contribution in [0.1, 0.15) is 0 Å². The quantitative estimate of drug-likeness (QED) is 0.555. The SMILES string of the molecule is C[Si](C)(C)CCOCn1cc(-c2cc3nccn3c(=O)[nH]2)cn1. The molecule has 23 heavy (non-hydrogen) atoms. The van der Waals surface area contributed by atoms with Gasteiger partial charge in [0.15, 0.2) is 0 Å². The molecule has 0 spiro atoms. The van der Waals surface area contributed by atoms with Crippen molar-refractivity contribution in [2.24, 2.45) is 0 Å². The van der Waals surface area contributed by atoms with Gasteiger partial charge in [-0.1, -0.05) is 19.6 Å². The fourth-order valence-corrected chi connectivity index (χ4v) is 2.96. The standard InChI is InChI=1S/C15H21N5O2Si/c1-23(2,3)7-6-22-11-19-10-12(9-17-19)13-8-14-16-4-5-20(14)15(21)18-13/h4-5,8-10H,6-7,11H2,1-3H3,(H,18,21). The van der Waals surface area contributed by atoms with Crippen LogP contribution in [0.5, 0.6) is 0 Å². The Morgan fingerprint density at radius 1 is 1.35 bits per heavy atom. The Labute approximate surface area is 134 Å². The van der Waals surface area contributed by atoms with E-state index in [1.807, 2.05) is 12.3 Å². The molecule has 0 aliphatic heterocycles. The highest BCUT2D eigenvalue weighted by atomic mass is 28.3. The van der Waals surface area contributed by atoms with Gasteiger partial charge in [0.05, 0.1) is 11.9 Å². The average Bonchev–Trinajstić information content (AvgIpc) is 3.11. The molecule has 3 heterocycles. The molecule has 3 rings (SSSR count). The van der Waals surface area contributed by atoms with Crippen LogP contribution in [0.2, 0.25) is 25.7 Å². The summed E-state index contributed by atoms with van der Waals surface area (Å²) in [5.74, 6) is 0. The van der Waals surface area contributed by atoms with Crippen LogP contribution in [0, 0.1) is 0 Å². The van der Waals surface area contributed by atoms with Crippen molar-refractivity contribution in [1.29, 1.82) is 0 Å². The summed E-state index contributed by atoms with van der Waals surface area (Å²) in [6.45, 7) is 8.14. The van der Waals surface area contributed by atoms with Crippen molar-refractivity contribution in [2.75, 3.05) is 6.61 Å². The van der Waals surface area contributed by atoms with E-state index in [9.17, 15) is 4.79 Å². The lowest BCUT2D eigenvalue weighted by Crippen LogP contribution is -2.22. The van der Waals surface area contributed by atoms with E-state index in [0.29, 0.717) is 18.1 Å². The van der Waals surface area contributed by atoms with Gasteiger partial charge in [-0.25, -0.2) is 14.5 Å². The normalized spacial score (nSPS) is 12.1. The van der Waals surface area contributed by atoms with Crippen LogP contribution >= 0.6 is 0 Å². The maximum atomic E-state index is 12.0. The van der Waals surface area contributed by atoms with E-state index in [1.54, 1.807) is 23.3 Å². The van der Waals surface area contributed by atoms with E-state index in [4.69, 9.17) is 4.74 Å². The molecule has 0 aromatic carbocycles. The molecule has 0 unspecified atom stereocenters. The van der Waals surface area contributed by atoms with Crippen molar-refractivity contribution >= 4 is 13.7 Å². The van der Waals surface area contributed by atoms with E-state index >= 15 is 0 Å². The number of hydrogen-bond acceptors (Lipinski definition) is 4. The molecule has 1 N–H and O–H groups in total. The fraction of sp³-hybridized carbons (Fsp3) is 0.400. The third-order valence-corrected chi connectivity index (χ3v) is 5.27. The minimum Gasteiger partial charge on any atom is -0.360 e. The number of fused-ring (bicyclic) bond motifs is 1. The molecule has 0 saturated carbocycles. The minimum atomic E-state index is -1.07. The van der Waals surface area contributed by atoms with E-state index in [0.717, 1.165) is 18.2 Å². The van der Waals surface area contributed by atoms with Gasteiger partial charge >= 0.3 is 5.69 Å². The molecule has 0 amide bonds. The summed E-state index contributed by atoms with van der Waals surface area (Å²) in [6, 6.07) is 2.96. The van der Waals surface area contributed by atoms with E-state index in [-0.39, 0.29) is 5.69 Å². The van der Waals surface area contributed by atoms with Crippen molar-refractivity contribution in [2.45, 2.75) is 32.4 Å². The second-order valence-corrected chi connectivity index (χ2v) is 12.4. The maximum Gasteiger partial charge on any atom is 0.331 e. The Balaban J connectivity index is 1.69. The first kappa shape index (κ1) is 15.7. The molecule has 3 aromatic rings. The fourth-order valence-electron chi connectivity index (χ4n) is 2.20. The summed E-state index contributed by atoms with van der Waals surface area (Å²) in [6.07, 6.45) is 6.81. The van der Waals surface area contributed by atoms with Crippen molar-refractivity contribution in [3.8, 4) is 11.3 Å². The highest BCUT2D eigenvalue weighted by Gasteiger charge is 2.12.